The fourth-order valence-electron chi connectivity index (χ4n) is 3.63. The van der Waals surface area contributed by atoms with E-state index in [9.17, 15) is 0 Å². The molecule has 2 fully saturated rings. The Hall–Kier alpha value is -0.420. The molecule has 24 heavy (non-hydrogen) atoms. The lowest BCUT2D eigenvalue weighted by Gasteiger charge is -2.32. The Bertz CT molecular complexity index is 392. The molecule has 0 bridgehead atoms. The standard InChI is InChI=1S/C20H34O4/c1-15-3-5-17(6-4-15)7-8-18-13-23-20(24-14-18)10-9-19-21-11-16(2)12-22-19/h5,15-16,18-20H,3-4,6-14H2,1-2H3. The molecule has 1 aliphatic carbocycles. The molecule has 0 spiro atoms. The van der Waals surface area contributed by atoms with Crippen molar-refractivity contribution in [3.8, 4) is 0 Å². The molecular formula is C20H34O4. The van der Waals surface area contributed by atoms with Crippen molar-refractivity contribution in [2.24, 2.45) is 17.8 Å². The van der Waals surface area contributed by atoms with Crippen LogP contribution in [0.25, 0.3) is 0 Å². The molecule has 2 saturated heterocycles. The van der Waals surface area contributed by atoms with Gasteiger partial charge in [0.2, 0.25) is 0 Å². The molecule has 0 saturated carbocycles. The second kappa shape index (κ2) is 9.33. The largest absolute Gasteiger partial charge is 0.352 e. The topological polar surface area (TPSA) is 36.9 Å². The van der Waals surface area contributed by atoms with Gasteiger partial charge in [0.25, 0.3) is 0 Å². The SMILES string of the molecule is CC1CC=C(CCC2COC(CCC3OCC(C)CO3)OC2)CC1. The van der Waals surface area contributed by atoms with Gasteiger partial charge in [0, 0.05) is 24.7 Å². The minimum atomic E-state index is -0.0810. The first-order chi connectivity index (χ1) is 11.7. The molecule has 1 unspecified atom stereocenters. The molecule has 0 radical (unpaired) electrons. The van der Waals surface area contributed by atoms with Crippen molar-refractivity contribution in [1.29, 1.82) is 0 Å². The maximum absolute atomic E-state index is 5.91. The summed E-state index contributed by atoms with van der Waals surface area (Å²) in [4.78, 5) is 0. The van der Waals surface area contributed by atoms with E-state index in [-0.39, 0.29) is 12.6 Å². The smallest absolute Gasteiger partial charge is 0.157 e. The molecule has 0 aromatic rings. The van der Waals surface area contributed by atoms with Crippen LogP contribution in [0.5, 0.6) is 0 Å². The van der Waals surface area contributed by atoms with E-state index in [1.165, 1.54) is 32.1 Å². The molecule has 1 atom stereocenters. The minimum absolute atomic E-state index is 0.0771. The second-order valence-electron chi connectivity index (χ2n) is 8.02. The zero-order valence-corrected chi connectivity index (χ0v) is 15.4. The maximum Gasteiger partial charge on any atom is 0.157 e. The minimum Gasteiger partial charge on any atom is -0.352 e. The third-order valence-electron chi connectivity index (χ3n) is 5.45. The Balaban J connectivity index is 1.27. The van der Waals surface area contributed by atoms with Gasteiger partial charge in [-0.3, -0.25) is 0 Å². The predicted octanol–water partition coefficient (Wildman–Crippen LogP) is 4.29. The van der Waals surface area contributed by atoms with Crippen LogP contribution in [-0.4, -0.2) is 39.0 Å². The number of ether oxygens (including phenoxy) is 4. The Kier molecular flexibility index (Phi) is 7.14. The van der Waals surface area contributed by atoms with E-state index in [0.29, 0.717) is 11.8 Å². The molecular weight excluding hydrogens is 304 g/mol. The fraction of sp³-hybridized carbons (Fsp3) is 0.900. The first kappa shape index (κ1) is 18.4. The highest BCUT2D eigenvalue weighted by Crippen LogP contribution is 2.28. The molecule has 4 nitrogen and oxygen atoms in total. The number of allylic oxidation sites excluding steroid dienone is 2. The van der Waals surface area contributed by atoms with Gasteiger partial charge in [-0.05, 0) is 38.0 Å². The zero-order valence-electron chi connectivity index (χ0n) is 15.4. The summed E-state index contributed by atoms with van der Waals surface area (Å²) in [6.45, 7) is 7.75. The first-order valence-corrected chi connectivity index (χ1v) is 9.83. The van der Waals surface area contributed by atoms with E-state index in [1.54, 1.807) is 5.57 Å². The lowest BCUT2D eigenvalue weighted by molar-refractivity contribution is -0.229. The summed E-state index contributed by atoms with van der Waals surface area (Å²) in [5.41, 5.74) is 1.65. The zero-order chi connectivity index (χ0) is 16.8. The Morgan fingerprint density at radius 3 is 2.04 bits per heavy atom. The number of hydrogen-bond acceptors (Lipinski definition) is 4. The van der Waals surface area contributed by atoms with Gasteiger partial charge >= 0.3 is 0 Å². The van der Waals surface area contributed by atoms with Gasteiger partial charge in [-0.15, -0.1) is 0 Å². The van der Waals surface area contributed by atoms with E-state index in [2.05, 4.69) is 19.9 Å². The third kappa shape index (κ3) is 5.83. The average Bonchev–Trinajstić information content (AvgIpc) is 2.62. The molecule has 0 aromatic carbocycles. The van der Waals surface area contributed by atoms with Gasteiger partial charge in [-0.1, -0.05) is 25.5 Å². The highest BCUT2D eigenvalue weighted by atomic mass is 16.7. The Morgan fingerprint density at radius 2 is 1.46 bits per heavy atom. The molecule has 3 aliphatic rings. The summed E-state index contributed by atoms with van der Waals surface area (Å²) in [5, 5.41) is 0. The predicted molar refractivity (Wildman–Crippen MR) is 93.6 cm³/mol. The molecule has 4 heteroatoms. The van der Waals surface area contributed by atoms with Crippen molar-refractivity contribution < 1.29 is 18.9 Å². The van der Waals surface area contributed by atoms with Crippen molar-refractivity contribution >= 4 is 0 Å². The molecule has 2 heterocycles. The van der Waals surface area contributed by atoms with E-state index < -0.39 is 0 Å². The summed E-state index contributed by atoms with van der Waals surface area (Å²) in [6.07, 6.45) is 10.3. The average molecular weight is 338 g/mol. The van der Waals surface area contributed by atoms with Crippen LogP contribution >= 0.6 is 0 Å². The highest BCUT2D eigenvalue weighted by Gasteiger charge is 2.25. The van der Waals surface area contributed by atoms with Crippen LogP contribution in [0.1, 0.15) is 58.8 Å². The number of rotatable bonds is 6. The van der Waals surface area contributed by atoms with E-state index >= 15 is 0 Å². The second-order valence-corrected chi connectivity index (χ2v) is 8.02. The van der Waals surface area contributed by atoms with Gasteiger partial charge in [0.1, 0.15) is 0 Å². The molecule has 0 aromatic heterocycles. The summed E-state index contributed by atoms with van der Waals surface area (Å²) >= 11 is 0. The monoisotopic (exact) mass is 338 g/mol. The molecule has 138 valence electrons. The van der Waals surface area contributed by atoms with Crippen LogP contribution in [0.2, 0.25) is 0 Å². The summed E-state index contributed by atoms with van der Waals surface area (Å²) < 4.78 is 23.2. The van der Waals surface area contributed by atoms with Gasteiger partial charge in [0.05, 0.1) is 26.4 Å². The van der Waals surface area contributed by atoms with Crippen molar-refractivity contribution in [3.63, 3.8) is 0 Å². The molecule has 2 aliphatic heterocycles. The summed E-state index contributed by atoms with van der Waals surface area (Å²) in [7, 11) is 0. The van der Waals surface area contributed by atoms with Gasteiger partial charge in [-0.2, -0.15) is 0 Å². The van der Waals surface area contributed by atoms with Crippen LogP contribution < -0.4 is 0 Å². The van der Waals surface area contributed by atoms with Crippen molar-refractivity contribution in [2.75, 3.05) is 26.4 Å². The van der Waals surface area contributed by atoms with Crippen molar-refractivity contribution in [3.05, 3.63) is 11.6 Å². The third-order valence-corrected chi connectivity index (χ3v) is 5.45. The molecule has 0 N–H and O–H groups in total. The lowest BCUT2D eigenvalue weighted by atomic mass is 9.87. The van der Waals surface area contributed by atoms with Crippen LogP contribution in [0.15, 0.2) is 11.6 Å². The van der Waals surface area contributed by atoms with Crippen molar-refractivity contribution in [2.45, 2.75) is 71.4 Å². The van der Waals surface area contributed by atoms with Crippen molar-refractivity contribution in [1.82, 2.24) is 0 Å². The van der Waals surface area contributed by atoms with Crippen LogP contribution in [-0.2, 0) is 18.9 Å². The maximum atomic E-state index is 5.91. The van der Waals surface area contributed by atoms with Gasteiger partial charge in [-0.25, -0.2) is 0 Å². The van der Waals surface area contributed by atoms with E-state index in [4.69, 9.17) is 18.9 Å². The van der Waals surface area contributed by atoms with Crippen LogP contribution in [0.3, 0.4) is 0 Å². The lowest BCUT2D eigenvalue weighted by Crippen LogP contribution is -2.35. The molecule has 0 amide bonds. The first-order valence-electron chi connectivity index (χ1n) is 9.83. The summed E-state index contributed by atoms with van der Waals surface area (Å²) in [5.74, 6) is 1.92. The normalized spacial score (nSPS) is 37.9. The van der Waals surface area contributed by atoms with Gasteiger partial charge in [0.15, 0.2) is 12.6 Å². The number of hydrogen-bond donors (Lipinski definition) is 0. The highest BCUT2D eigenvalue weighted by molar-refractivity contribution is 5.06. The summed E-state index contributed by atoms with van der Waals surface area (Å²) in [6, 6.07) is 0. The Labute approximate surface area is 146 Å². The van der Waals surface area contributed by atoms with Crippen LogP contribution in [0.4, 0.5) is 0 Å². The Morgan fingerprint density at radius 1 is 0.833 bits per heavy atom. The van der Waals surface area contributed by atoms with E-state index in [0.717, 1.165) is 45.2 Å². The fourth-order valence-corrected chi connectivity index (χ4v) is 3.63. The van der Waals surface area contributed by atoms with Gasteiger partial charge < -0.3 is 18.9 Å². The van der Waals surface area contributed by atoms with E-state index in [1.807, 2.05) is 0 Å². The van der Waals surface area contributed by atoms with Crippen LogP contribution in [0, 0.1) is 17.8 Å². The quantitative estimate of drug-likeness (QED) is 0.677. The molecule has 3 rings (SSSR count).